The van der Waals surface area contributed by atoms with Crippen LogP contribution in [-0.4, -0.2) is 0 Å². The number of rotatable bonds is 3. The Morgan fingerprint density at radius 2 is 0.500 bits per heavy atom. The number of benzene rings is 11. The zero-order valence-corrected chi connectivity index (χ0v) is 28.5. The molecule has 0 saturated heterocycles. The maximum absolute atomic E-state index is 2.36. The molecule has 0 unspecified atom stereocenters. The van der Waals surface area contributed by atoms with Crippen LogP contribution in [0.5, 0.6) is 0 Å². The lowest BCUT2D eigenvalue weighted by molar-refractivity contribution is 1.67. The van der Waals surface area contributed by atoms with Gasteiger partial charge in [-0.2, -0.15) is 0 Å². The lowest BCUT2D eigenvalue weighted by atomic mass is 9.91. The highest BCUT2D eigenvalue weighted by molar-refractivity contribution is 6.16. The van der Waals surface area contributed by atoms with E-state index in [1.807, 2.05) is 0 Å². The highest BCUT2D eigenvalue weighted by Crippen LogP contribution is 2.39. The molecule has 11 aromatic rings. The highest BCUT2D eigenvalue weighted by Gasteiger charge is 2.12. The van der Waals surface area contributed by atoms with E-state index in [0.717, 1.165) is 0 Å². The largest absolute Gasteiger partial charge is 0.0616 e. The summed E-state index contributed by atoms with van der Waals surface area (Å²) in [5.74, 6) is 0. The van der Waals surface area contributed by atoms with E-state index in [2.05, 4.69) is 194 Å². The molecule has 0 saturated carbocycles. The average molecular weight is 657 g/mol. The van der Waals surface area contributed by atoms with Gasteiger partial charge in [-0.15, -0.1) is 0 Å². The first kappa shape index (κ1) is 29.0. The highest BCUT2D eigenvalue weighted by atomic mass is 14.2. The fourth-order valence-corrected chi connectivity index (χ4v) is 8.51. The fraction of sp³-hybridized carbons (Fsp3) is 0. The predicted molar refractivity (Wildman–Crippen MR) is 225 cm³/mol. The van der Waals surface area contributed by atoms with Gasteiger partial charge in [0.15, 0.2) is 0 Å². The Labute approximate surface area is 301 Å². The van der Waals surface area contributed by atoms with E-state index in [4.69, 9.17) is 0 Å². The van der Waals surface area contributed by atoms with Crippen molar-refractivity contribution < 1.29 is 0 Å². The molecular weight excluding hydrogens is 625 g/mol. The first-order valence-electron chi connectivity index (χ1n) is 18.1. The second kappa shape index (κ2) is 11.4. The summed E-state index contributed by atoms with van der Waals surface area (Å²) in [4.78, 5) is 0. The first-order valence-corrected chi connectivity index (χ1v) is 18.1. The lowest BCUT2D eigenvalue weighted by Crippen LogP contribution is -1.86. The Hall–Kier alpha value is -6.76. The Balaban J connectivity index is 0.948. The molecule has 0 fully saturated rings. The minimum atomic E-state index is 1.24. The Kier molecular flexibility index (Phi) is 6.35. The van der Waals surface area contributed by atoms with Gasteiger partial charge in [0, 0.05) is 0 Å². The van der Waals surface area contributed by atoms with Crippen LogP contribution >= 0.6 is 0 Å². The molecule has 0 aliphatic heterocycles. The standard InChI is InChI=1S/C52H32/c1-2-8-34-27-35(14-13-33(34)7-1)36-19-23-46-40(28-36)15-16-41-29-37(20-24-47(41)46)38-21-25-48-42(30-38)17-18-43-31-44(22-26-49(43)48)52-32-39-9-3-4-10-45(39)50-11-5-6-12-51(50)52/h1-32H. The molecule has 0 heterocycles. The molecule has 240 valence electrons. The molecule has 0 N–H and O–H groups in total. The van der Waals surface area contributed by atoms with E-state index in [9.17, 15) is 0 Å². The number of hydrogen-bond donors (Lipinski definition) is 0. The lowest BCUT2D eigenvalue weighted by Gasteiger charge is -2.13. The van der Waals surface area contributed by atoms with Crippen molar-refractivity contribution in [2.45, 2.75) is 0 Å². The van der Waals surface area contributed by atoms with Crippen molar-refractivity contribution in [3.63, 3.8) is 0 Å². The third kappa shape index (κ3) is 4.62. The van der Waals surface area contributed by atoms with Gasteiger partial charge in [-0.25, -0.2) is 0 Å². The molecule has 0 aliphatic rings. The molecular formula is C52H32. The molecule has 0 radical (unpaired) electrons. The van der Waals surface area contributed by atoms with E-state index >= 15 is 0 Å². The summed E-state index contributed by atoms with van der Waals surface area (Å²) in [6.07, 6.45) is 0. The molecule has 0 heteroatoms. The van der Waals surface area contributed by atoms with Crippen molar-refractivity contribution in [2.24, 2.45) is 0 Å². The molecule has 0 aliphatic carbocycles. The van der Waals surface area contributed by atoms with Crippen LogP contribution in [0.15, 0.2) is 194 Å². The molecule has 52 heavy (non-hydrogen) atoms. The predicted octanol–water partition coefficient (Wildman–Crippen LogP) is 14.8. The molecule has 0 aromatic heterocycles. The first-order chi connectivity index (χ1) is 25.7. The number of fused-ring (bicyclic) bond motifs is 10. The summed E-state index contributed by atoms with van der Waals surface area (Å²) >= 11 is 0. The normalized spacial score (nSPS) is 11.8. The maximum Gasteiger partial charge on any atom is -0.00988 e. The van der Waals surface area contributed by atoms with Crippen molar-refractivity contribution in [2.75, 3.05) is 0 Å². The van der Waals surface area contributed by atoms with Gasteiger partial charge in [0.25, 0.3) is 0 Å². The minimum Gasteiger partial charge on any atom is -0.0616 e. The minimum absolute atomic E-state index is 1.24. The molecule has 0 amide bonds. The van der Waals surface area contributed by atoms with Gasteiger partial charge < -0.3 is 0 Å². The molecule has 0 atom stereocenters. The van der Waals surface area contributed by atoms with Gasteiger partial charge in [0.2, 0.25) is 0 Å². The van der Waals surface area contributed by atoms with Crippen LogP contribution in [0.25, 0.3) is 109 Å². The van der Waals surface area contributed by atoms with Crippen LogP contribution < -0.4 is 0 Å². The van der Waals surface area contributed by atoms with Crippen LogP contribution in [0.3, 0.4) is 0 Å². The summed E-state index contributed by atoms with van der Waals surface area (Å²) in [5.41, 5.74) is 7.50. The zero-order valence-electron chi connectivity index (χ0n) is 28.5. The van der Waals surface area contributed by atoms with E-state index in [1.54, 1.807) is 0 Å². The fourth-order valence-electron chi connectivity index (χ4n) is 8.51. The topological polar surface area (TPSA) is 0 Å². The van der Waals surface area contributed by atoms with Gasteiger partial charge in [0.05, 0.1) is 0 Å². The Morgan fingerprint density at radius 3 is 1.06 bits per heavy atom. The van der Waals surface area contributed by atoms with Crippen molar-refractivity contribution in [3.05, 3.63) is 194 Å². The third-order valence-electron chi connectivity index (χ3n) is 11.2. The van der Waals surface area contributed by atoms with Crippen molar-refractivity contribution >= 4 is 75.4 Å². The van der Waals surface area contributed by atoms with Crippen LogP contribution in [0.2, 0.25) is 0 Å². The second-order valence-electron chi connectivity index (χ2n) is 14.1. The molecule has 0 bridgehead atoms. The summed E-state index contributed by atoms with van der Waals surface area (Å²) in [7, 11) is 0. The van der Waals surface area contributed by atoms with E-state index < -0.39 is 0 Å². The number of hydrogen-bond acceptors (Lipinski definition) is 0. The van der Waals surface area contributed by atoms with Crippen molar-refractivity contribution in [1.82, 2.24) is 0 Å². The zero-order chi connectivity index (χ0) is 34.2. The smallest absolute Gasteiger partial charge is 0.00988 e. The monoisotopic (exact) mass is 656 g/mol. The van der Waals surface area contributed by atoms with E-state index in [1.165, 1.54) is 109 Å². The molecule has 11 aromatic carbocycles. The van der Waals surface area contributed by atoms with Gasteiger partial charge in [-0.05, 0) is 145 Å². The Morgan fingerprint density at radius 1 is 0.173 bits per heavy atom. The summed E-state index contributed by atoms with van der Waals surface area (Å²) < 4.78 is 0. The van der Waals surface area contributed by atoms with E-state index in [0.29, 0.717) is 0 Å². The van der Waals surface area contributed by atoms with Crippen LogP contribution in [0.4, 0.5) is 0 Å². The molecule has 0 spiro atoms. The molecule has 11 rings (SSSR count). The van der Waals surface area contributed by atoms with Crippen molar-refractivity contribution in [1.29, 1.82) is 0 Å². The van der Waals surface area contributed by atoms with Gasteiger partial charge >= 0.3 is 0 Å². The SMILES string of the molecule is c1ccc2cc(-c3ccc4c(ccc5cc(-c6ccc7c(ccc8cc(-c9cc%10ccccc%10c%10ccccc9%10)ccc87)c6)ccc54)c3)ccc2c1. The Bertz CT molecular complexity index is 3240. The van der Waals surface area contributed by atoms with Crippen LogP contribution in [0, 0.1) is 0 Å². The summed E-state index contributed by atoms with van der Waals surface area (Å²) in [6, 6.07) is 71.9. The van der Waals surface area contributed by atoms with Gasteiger partial charge in [-0.3, -0.25) is 0 Å². The maximum atomic E-state index is 2.36. The molecule has 0 nitrogen and oxygen atoms in total. The second-order valence-corrected chi connectivity index (χ2v) is 14.1. The summed E-state index contributed by atoms with van der Waals surface area (Å²) in [5, 5.41) is 17.9. The third-order valence-corrected chi connectivity index (χ3v) is 11.2. The van der Waals surface area contributed by atoms with Crippen molar-refractivity contribution in [3.8, 4) is 33.4 Å². The average Bonchev–Trinajstić information content (AvgIpc) is 3.22. The summed E-state index contributed by atoms with van der Waals surface area (Å²) in [6.45, 7) is 0. The van der Waals surface area contributed by atoms with Gasteiger partial charge in [-0.1, -0.05) is 158 Å². The van der Waals surface area contributed by atoms with Crippen LogP contribution in [0.1, 0.15) is 0 Å². The van der Waals surface area contributed by atoms with E-state index in [-0.39, 0.29) is 0 Å². The van der Waals surface area contributed by atoms with Crippen LogP contribution in [-0.2, 0) is 0 Å². The van der Waals surface area contributed by atoms with Gasteiger partial charge in [0.1, 0.15) is 0 Å². The quantitative estimate of drug-likeness (QED) is 0.166.